The zero-order chi connectivity index (χ0) is 16.3. The van der Waals surface area contributed by atoms with Crippen molar-refractivity contribution in [3.63, 3.8) is 0 Å². The van der Waals surface area contributed by atoms with Crippen molar-refractivity contribution in [2.45, 2.75) is 6.18 Å². The molecule has 0 N–H and O–H groups in total. The highest BCUT2D eigenvalue weighted by Crippen LogP contribution is 2.33. The van der Waals surface area contributed by atoms with Crippen molar-refractivity contribution >= 4 is 22.5 Å². The van der Waals surface area contributed by atoms with E-state index in [0.717, 1.165) is 18.3 Å². The van der Waals surface area contributed by atoms with Crippen LogP contribution >= 0.6 is 11.6 Å². The normalized spacial score (nSPS) is 10.9. The summed E-state index contributed by atoms with van der Waals surface area (Å²) in [4.78, 5) is 17.6. The van der Waals surface area contributed by atoms with E-state index < -0.39 is 17.0 Å². The Balaban J connectivity index is 2.56. The second kappa shape index (κ2) is 6.05. The predicted molar refractivity (Wildman–Crippen MR) is 73.7 cm³/mol. The van der Waals surface area contributed by atoms with Crippen LogP contribution in [0.3, 0.4) is 0 Å². The van der Waals surface area contributed by atoms with Crippen molar-refractivity contribution in [2.24, 2.45) is 5.11 Å². The molecular weight excluding hydrogens is 321 g/mol. The van der Waals surface area contributed by atoms with E-state index in [4.69, 9.17) is 17.1 Å². The number of azide groups is 1. The summed E-state index contributed by atoms with van der Waals surface area (Å²) in [5.74, 6) is 0. The average Bonchev–Trinajstić information content (AvgIpc) is 2.46. The second-order valence-electron chi connectivity index (χ2n) is 4.13. The van der Waals surface area contributed by atoms with Crippen LogP contribution < -0.4 is 0 Å². The van der Waals surface area contributed by atoms with Gasteiger partial charge in [-0.25, -0.2) is 0 Å². The molecule has 2 rings (SSSR count). The maximum atomic E-state index is 12.7. The fourth-order valence-electron chi connectivity index (χ4n) is 1.74. The predicted octanol–water partition coefficient (Wildman–Crippen LogP) is 5.09. The summed E-state index contributed by atoms with van der Waals surface area (Å²) in [5.41, 5.74) is 7.68. The zero-order valence-electron chi connectivity index (χ0n) is 10.7. The van der Waals surface area contributed by atoms with Crippen molar-refractivity contribution in [1.29, 1.82) is 0 Å². The van der Waals surface area contributed by atoms with Gasteiger partial charge in [0.1, 0.15) is 0 Å². The van der Waals surface area contributed by atoms with Gasteiger partial charge in [-0.1, -0.05) is 17.2 Å². The maximum Gasteiger partial charge on any atom is 0.416 e. The minimum atomic E-state index is -4.49. The molecule has 5 nitrogen and oxygen atoms in total. The van der Waals surface area contributed by atoms with E-state index >= 15 is 0 Å². The van der Waals surface area contributed by atoms with Crippen molar-refractivity contribution in [1.82, 2.24) is 4.98 Å². The molecule has 0 unspecified atom stereocenters. The number of halogens is 4. The molecule has 0 amide bonds. The Morgan fingerprint density at radius 2 is 2.05 bits per heavy atom. The number of hydrogen-bond donors (Lipinski definition) is 0. The fourth-order valence-corrected chi connectivity index (χ4v) is 1.89. The number of hydrogen-bond acceptors (Lipinski definition) is 3. The summed E-state index contributed by atoms with van der Waals surface area (Å²) in [6.45, 7) is 0. The quantitative estimate of drug-likeness (QED) is 0.341. The van der Waals surface area contributed by atoms with Crippen molar-refractivity contribution in [3.05, 3.63) is 58.1 Å². The number of alkyl halides is 3. The molecule has 9 heteroatoms. The Morgan fingerprint density at radius 3 is 2.64 bits per heavy atom. The van der Waals surface area contributed by atoms with E-state index in [1.807, 2.05) is 0 Å². The molecule has 0 saturated carbocycles. The molecule has 0 spiro atoms. The van der Waals surface area contributed by atoms with Crippen LogP contribution in [0.4, 0.5) is 18.9 Å². The number of pyridine rings is 1. The van der Waals surface area contributed by atoms with Crippen LogP contribution in [0.5, 0.6) is 0 Å². The molecule has 2 aromatic rings. The lowest BCUT2D eigenvalue weighted by Crippen LogP contribution is -2.04. The van der Waals surface area contributed by atoms with E-state index in [-0.39, 0.29) is 22.5 Å². The van der Waals surface area contributed by atoms with Gasteiger partial charge in [0.05, 0.1) is 22.5 Å². The number of benzene rings is 1. The van der Waals surface area contributed by atoms with Gasteiger partial charge in [-0.05, 0) is 35.3 Å². The monoisotopic (exact) mass is 326 g/mol. The molecule has 0 radical (unpaired) electrons. The first kappa shape index (κ1) is 15.8. The van der Waals surface area contributed by atoms with E-state index in [1.54, 1.807) is 0 Å². The van der Waals surface area contributed by atoms with Gasteiger partial charge >= 0.3 is 6.18 Å². The topological polar surface area (TPSA) is 78.7 Å². The second-order valence-corrected chi connectivity index (χ2v) is 4.47. The highest BCUT2D eigenvalue weighted by Gasteiger charge is 2.30. The number of aromatic nitrogens is 1. The summed E-state index contributed by atoms with van der Waals surface area (Å²) in [7, 11) is 0. The van der Waals surface area contributed by atoms with E-state index in [2.05, 4.69) is 15.0 Å². The summed E-state index contributed by atoms with van der Waals surface area (Å²) >= 11 is 5.32. The Kier molecular flexibility index (Phi) is 4.35. The fraction of sp³-hybridized carbons (Fsp3) is 0.0769. The Bertz CT molecular complexity index is 785. The van der Waals surface area contributed by atoms with Gasteiger partial charge in [-0.2, -0.15) is 13.2 Å². The third-order valence-corrected chi connectivity index (χ3v) is 2.94. The van der Waals surface area contributed by atoms with Crippen molar-refractivity contribution in [3.8, 4) is 11.3 Å². The first-order valence-electron chi connectivity index (χ1n) is 5.75. The maximum absolute atomic E-state index is 12.7. The SMILES string of the molecule is [N-]=[N+]=Nc1cc(-c2cccc(C(F)(F)F)c2)ncc1C(=O)Cl. The zero-order valence-corrected chi connectivity index (χ0v) is 11.4. The Morgan fingerprint density at radius 1 is 1.32 bits per heavy atom. The highest BCUT2D eigenvalue weighted by atomic mass is 35.5. The van der Waals surface area contributed by atoms with Gasteiger partial charge in [-0.15, -0.1) is 0 Å². The molecule has 112 valence electrons. The summed E-state index contributed by atoms with van der Waals surface area (Å²) < 4.78 is 38.1. The van der Waals surface area contributed by atoms with Crippen LogP contribution in [0.2, 0.25) is 0 Å². The summed E-state index contributed by atoms with van der Waals surface area (Å²) in [5, 5.41) is 2.41. The molecule has 0 atom stereocenters. The number of rotatable bonds is 3. The smallest absolute Gasteiger partial charge is 0.276 e. The average molecular weight is 327 g/mol. The lowest BCUT2D eigenvalue weighted by atomic mass is 10.1. The molecule has 1 aromatic carbocycles. The Hall–Kier alpha value is -2.57. The number of carbonyl (C=O) groups excluding carboxylic acids is 1. The van der Waals surface area contributed by atoms with Gasteiger partial charge in [-0.3, -0.25) is 9.78 Å². The van der Waals surface area contributed by atoms with E-state index in [0.29, 0.717) is 0 Å². The molecule has 0 bridgehead atoms. The van der Waals surface area contributed by atoms with Crippen LogP contribution in [-0.2, 0) is 6.18 Å². The first-order valence-corrected chi connectivity index (χ1v) is 6.13. The molecule has 0 saturated heterocycles. The molecule has 22 heavy (non-hydrogen) atoms. The minimum Gasteiger partial charge on any atom is -0.276 e. The van der Waals surface area contributed by atoms with Gasteiger partial charge in [0, 0.05) is 16.7 Å². The molecule has 0 aliphatic rings. The number of carbonyl (C=O) groups is 1. The van der Waals surface area contributed by atoms with Crippen LogP contribution in [0.1, 0.15) is 15.9 Å². The third-order valence-electron chi connectivity index (χ3n) is 2.73. The molecule has 0 aliphatic heterocycles. The summed E-state index contributed by atoms with van der Waals surface area (Å²) in [6, 6.07) is 5.68. The van der Waals surface area contributed by atoms with Crippen LogP contribution in [0.15, 0.2) is 41.6 Å². The van der Waals surface area contributed by atoms with Gasteiger partial charge in [0.25, 0.3) is 5.24 Å². The molecular formula is C13H6ClF3N4O. The van der Waals surface area contributed by atoms with Crippen LogP contribution in [0.25, 0.3) is 21.7 Å². The van der Waals surface area contributed by atoms with Crippen molar-refractivity contribution in [2.75, 3.05) is 0 Å². The van der Waals surface area contributed by atoms with Crippen LogP contribution in [-0.4, -0.2) is 10.2 Å². The minimum absolute atomic E-state index is 0.107. The lowest BCUT2D eigenvalue weighted by molar-refractivity contribution is -0.137. The standard InChI is InChI=1S/C13H6ClF3N4O/c14-12(22)9-6-19-10(5-11(9)20-21-18)7-2-1-3-8(4-7)13(15,16)17/h1-6H. The first-order chi connectivity index (χ1) is 10.3. The van der Waals surface area contributed by atoms with Crippen molar-refractivity contribution < 1.29 is 18.0 Å². The highest BCUT2D eigenvalue weighted by molar-refractivity contribution is 6.68. The van der Waals surface area contributed by atoms with Gasteiger partial charge in [0.2, 0.25) is 0 Å². The molecule has 0 fully saturated rings. The van der Waals surface area contributed by atoms with E-state index in [9.17, 15) is 18.0 Å². The van der Waals surface area contributed by atoms with Gasteiger partial charge in [0.15, 0.2) is 0 Å². The number of nitrogens with zero attached hydrogens (tertiary/aromatic N) is 4. The summed E-state index contributed by atoms with van der Waals surface area (Å²) in [6.07, 6.45) is -3.44. The van der Waals surface area contributed by atoms with Gasteiger partial charge < -0.3 is 0 Å². The molecule has 1 aromatic heterocycles. The molecule has 1 heterocycles. The molecule has 0 aliphatic carbocycles. The lowest BCUT2D eigenvalue weighted by Gasteiger charge is -2.09. The third kappa shape index (κ3) is 3.36. The largest absolute Gasteiger partial charge is 0.416 e. The Labute approximate surface area is 127 Å². The van der Waals surface area contributed by atoms with E-state index in [1.165, 1.54) is 18.2 Å². The van der Waals surface area contributed by atoms with Crippen LogP contribution in [0, 0.1) is 0 Å².